The van der Waals surface area contributed by atoms with Crippen LogP contribution in [0.1, 0.15) is 37.9 Å². The lowest BCUT2D eigenvalue weighted by Crippen LogP contribution is -2.11. The Balaban J connectivity index is 2.71. The van der Waals surface area contributed by atoms with Crippen LogP contribution in [0.2, 0.25) is 0 Å². The highest BCUT2D eigenvalue weighted by Crippen LogP contribution is 2.26. The van der Waals surface area contributed by atoms with E-state index < -0.39 is 0 Å². The minimum absolute atomic E-state index is 0.168. The van der Waals surface area contributed by atoms with Gasteiger partial charge in [-0.2, -0.15) is 0 Å². The SMILES string of the molecule is Cc1nc(C)c2ccc(C(C)(C)C)cc2n1. The van der Waals surface area contributed by atoms with Crippen LogP contribution < -0.4 is 0 Å². The van der Waals surface area contributed by atoms with E-state index in [1.807, 2.05) is 13.8 Å². The molecule has 16 heavy (non-hydrogen) atoms. The molecule has 0 aliphatic rings. The molecule has 1 aromatic carbocycles. The van der Waals surface area contributed by atoms with Gasteiger partial charge in [-0.1, -0.05) is 32.9 Å². The molecule has 2 heteroatoms. The van der Waals surface area contributed by atoms with Crippen molar-refractivity contribution in [3.63, 3.8) is 0 Å². The molecule has 2 nitrogen and oxygen atoms in total. The van der Waals surface area contributed by atoms with Crippen LogP contribution in [0, 0.1) is 13.8 Å². The third-order valence-electron chi connectivity index (χ3n) is 2.87. The molecule has 0 fully saturated rings. The summed E-state index contributed by atoms with van der Waals surface area (Å²) in [5, 5.41) is 1.15. The number of hydrogen-bond donors (Lipinski definition) is 0. The zero-order valence-electron chi connectivity index (χ0n) is 10.6. The van der Waals surface area contributed by atoms with Crippen molar-refractivity contribution in [3.8, 4) is 0 Å². The Morgan fingerprint density at radius 3 is 2.31 bits per heavy atom. The van der Waals surface area contributed by atoms with Gasteiger partial charge in [0.1, 0.15) is 5.82 Å². The van der Waals surface area contributed by atoms with Crippen LogP contribution in [-0.4, -0.2) is 9.97 Å². The van der Waals surface area contributed by atoms with E-state index in [9.17, 15) is 0 Å². The normalized spacial score (nSPS) is 12.1. The van der Waals surface area contributed by atoms with Gasteiger partial charge in [-0.15, -0.1) is 0 Å². The Kier molecular flexibility index (Phi) is 2.45. The van der Waals surface area contributed by atoms with Gasteiger partial charge in [-0.05, 0) is 30.9 Å². The fraction of sp³-hybridized carbons (Fsp3) is 0.429. The van der Waals surface area contributed by atoms with Crippen molar-refractivity contribution in [1.82, 2.24) is 9.97 Å². The van der Waals surface area contributed by atoms with Crippen LogP contribution in [0.15, 0.2) is 18.2 Å². The summed E-state index contributed by atoms with van der Waals surface area (Å²) in [6.45, 7) is 10.6. The molecular weight excluding hydrogens is 196 g/mol. The van der Waals surface area contributed by atoms with Crippen LogP contribution >= 0.6 is 0 Å². The summed E-state index contributed by atoms with van der Waals surface area (Å²) in [4.78, 5) is 8.88. The summed E-state index contributed by atoms with van der Waals surface area (Å²) < 4.78 is 0. The zero-order chi connectivity index (χ0) is 11.9. The van der Waals surface area contributed by atoms with Gasteiger partial charge in [0.05, 0.1) is 5.52 Å². The Bertz CT molecular complexity index is 536. The second-order valence-electron chi connectivity index (χ2n) is 5.34. The van der Waals surface area contributed by atoms with Gasteiger partial charge in [-0.25, -0.2) is 9.97 Å². The minimum Gasteiger partial charge on any atom is -0.238 e. The highest BCUT2D eigenvalue weighted by atomic mass is 14.9. The first kappa shape index (κ1) is 11.1. The molecular formula is C14H18N2. The van der Waals surface area contributed by atoms with Crippen molar-refractivity contribution in [2.24, 2.45) is 0 Å². The van der Waals surface area contributed by atoms with Crippen molar-refractivity contribution < 1.29 is 0 Å². The van der Waals surface area contributed by atoms with E-state index in [1.165, 1.54) is 5.56 Å². The van der Waals surface area contributed by atoms with Crippen LogP contribution in [0.4, 0.5) is 0 Å². The maximum absolute atomic E-state index is 4.50. The quantitative estimate of drug-likeness (QED) is 0.670. The Hall–Kier alpha value is -1.44. The van der Waals surface area contributed by atoms with Crippen molar-refractivity contribution >= 4 is 10.9 Å². The number of benzene rings is 1. The second-order valence-corrected chi connectivity index (χ2v) is 5.34. The second kappa shape index (κ2) is 3.55. The van der Waals surface area contributed by atoms with E-state index in [1.54, 1.807) is 0 Å². The molecule has 84 valence electrons. The molecule has 0 aliphatic carbocycles. The molecule has 0 aliphatic heterocycles. The van der Waals surface area contributed by atoms with Crippen molar-refractivity contribution in [2.45, 2.75) is 40.0 Å². The summed E-state index contributed by atoms with van der Waals surface area (Å²) in [5.74, 6) is 0.844. The molecule has 0 spiro atoms. The highest BCUT2D eigenvalue weighted by Gasteiger charge is 2.14. The lowest BCUT2D eigenvalue weighted by molar-refractivity contribution is 0.591. The van der Waals surface area contributed by atoms with E-state index in [2.05, 4.69) is 48.9 Å². The molecule has 0 saturated heterocycles. The summed E-state index contributed by atoms with van der Waals surface area (Å²) in [6.07, 6.45) is 0. The first-order valence-corrected chi connectivity index (χ1v) is 5.63. The fourth-order valence-electron chi connectivity index (χ4n) is 1.90. The number of nitrogens with zero attached hydrogens (tertiary/aromatic N) is 2. The van der Waals surface area contributed by atoms with Crippen LogP contribution in [0.25, 0.3) is 10.9 Å². The summed E-state index contributed by atoms with van der Waals surface area (Å²) in [7, 11) is 0. The molecule has 0 unspecified atom stereocenters. The van der Waals surface area contributed by atoms with Crippen LogP contribution in [0.3, 0.4) is 0 Å². The Morgan fingerprint density at radius 1 is 1.00 bits per heavy atom. The minimum atomic E-state index is 0.168. The smallest absolute Gasteiger partial charge is 0.126 e. The van der Waals surface area contributed by atoms with E-state index in [0.717, 1.165) is 22.4 Å². The first-order valence-electron chi connectivity index (χ1n) is 5.63. The molecule has 2 rings (SSSR count). The van der Waals surface area contributed by atoms with E-state index in [-0.39, 0.29) is 5.41 Å². The zero-order valence-corrected chi connectivity index (χ0v) is 10.6. The summed E-state index contributed by atoms with van der Waals surface area (Å²) >= 11 is 0. The van der Waals surface area contributed by atoms with Gasteiger partial charge in [0.15, 0.2) is 0 Å². The summed E-state index contributed by atoms with van der Waals surface area (Å²) in [5.41, 5.74) is 3.60. The number of rotatable bonds is 0. The van der Waals surface area contributed by atoms with Crippen molar-refractivity contribution in [2.75, 3.05) is 0 Å². The van der Waals surface area contributed by atoms with Gasteiger partial charge in [0.25, 0.3) is 0 Å². The number of fused-ring (bicyclic) bond motifs is 1. The third-order valence-corrected chi connectivity index (χ3v) is 2.87. The van der Waals surface area contributed by atoms with Crippen LogP contribution in [-0.2, 0) is 5.41 Å². The number of aromatic nitrogens is 2. The Morgan fingerprint density at radius 2 is 1.69 bits per heavy atom. The summed E-state index contributed by atoms with van der Waals surface area (Å²) in [6, 6.07) is 6.48. The van der Waals surface area contributed by atoms with Crippen LogP contribution in [0.5, 0.6) is 0 Å². The molecule has 2 aromatic rings. The number of hydrogen-bond acceptors (Lipinski definition) is 2. The van der Waals surface area contributed by atoms with Gasteiger partial charge in [-0.3, -0.25) is 0 Å². The highest BCUT2D eigenvalue weighted by molar-refractivity contribution is 5.81. The largest absolute Gasteiger partial charge is 0.238 e. The van der Waals surface area contributed by atoms with Crippen molar-refractivity contribution in [3.05, 3.63) is 35.3 Å². The molecule has 0 saturated carbocycles. The van der Waals surface area contributed by atoms with Gasteiger partial charge >= 0.3 is 0 Å². The lowest BCUT2D eigenvalue weighted by Gasteiger charge is -2.19. The molecule has 0 bridgehead atoms. The fourth-order valence-corrected chi connectivity index (χ4v) is 1.90. The average Bonchev–Trinajstić information content (AvgIpc) is 2.15. The predicted octanol–water partition coefficient (Wildman–Crippen LogP) is 3.54. The maximum Gasteiger partial charge on any atom is 0.126 e. The average molecular weight is 214 g/mol. The molecule has 1 aromatic heterocycles. The topological polar surface area (TPSA) is 25.8 Å². The lowest BCUT2D eigenvalue weighted by atomic mass is 9.86. The van der Waals surface area contributed by atoms with E-state index in [0.29, 0.717) is 0 Å². The van der Waals surface area contributed by atoms with E-state index >= 15 is 0 Å². The molecule has 0 amide bonds. The Labute approximate surface area is 96.7 Å². The predicted molar refractivity (Wildman–Crippen MR) is 67.7 cm³/mol. The molecule has 0 N–H and O–H groups in total. The standard InChI is InChI=1S/C14H18N2/c1-9-12-7-6-11(14(3,4)5)8-13(12)16-10(2)15-9/h6-8H,1-5H3. The van der Waals surface area contributed by atoms with E-state index in [4.69, 9.17) is 0 Å². The number of aryl methyl sites for hydroxylation is 2. The van der Waals surface area contributed by atoms with Gasteiger partial charge < -0.3 is 0 Å². The monoisotopic (exact) mass is 214 g/mol. The maximum atomic E-state index is 4.50. The third kappa shape index (κ3) is 1.92. The molecule has 0 atom stereocenters. The van der Waals surface area contributed by atoms with Gasteiger partial charge in [0.2, 0.25) is 0 Å². The molecule has 1 heterocycles. The first-order chi connectivity index (χ1) is 7.38. The molecule has 0 radical (unpaired) electrons. The van der Waals surface area contributed by atoms with Crippen molar-refractivity contribution in [1.29, 1.82) is 0 Å². The van der Waals surface area contributed by atoms with Gasteiger partial charge in [0, 0.05) is 11.1 Å².